The predicted molar refractivity (Wildman–Crippen MR) is 115 cm³/mol. The molecule has 1 aromatic carbocycles. The fourth-order valence-electron chi connectivity index (χ4n) is 4.59. The van der Waals surface area contributed by atoms with Crippen molar-refractivity contribution in [1.82, 2.24) is 15.0 Å². The van der Waals surface area contributed by atoms with Crippen molar-refractivity contribution in [3.63, 3.8) is 0 Å². The number of para-hydroxylation sites is 1. The Bertz CT molecular complexity index is 1050. The van der Waals surface area contributed by atoms with Crippen LogP contribution in [0.3, 0.4) is 0 Å². The molecule has 162 valence electrons. The summed E-state index contributed by atoms with van der Waals surface area (Å²) in [5, 5.41) is 5.42. The van der Waals surface area contributed by atoms with Crippen LogP contribution in [0.2, 0.25) is 0 Å². The molecule has 2 aliphatic rings. The summed E-state index contributed by atoms with van der Waals surface area (Å²) in [6.07, 6.45) is 3.74. The number of carbonyl (C=O) groups excluding carboxylic acids is 1. The number of fused-ring (bicyclic) bond motifs is 2. The highest BCUT2D eigenvalue weighted by Crippen LogP contribution is 2.31. The molecule has 0 amide bonds. The third-order valence-corrected chi connectivity index (χ3v) is 6.29. The van der Waals surface area contributed by atoms with Crippen molar-refractivity contribution in [3.05, 3.63) is 48.2 Å². The monoisotopic (exact) mass is 422 g/mol. The summed E-state index contributed by atoms with van der Waals surface area (Å²) in [7, 11) is 1.36. The lowest BCUT2D eigenvalue weighted by Crippen LogP contribution is -2.57. The number of methoxy groups -OCH3 is 1. The Labute approximate surface area is 180 Å². The van der Waals surface area contributed by atoms with E-state index in [1.165, 1.54) is 13.3 Å². The molecule has 3 aromatic rings. The molecule has 0 N–H and O–H groups in total. The summed E-state index contributed by atoms with van der Waals surface area (Å²) < 4.78 is 16.1. The van der Waals surface area contributed by atoms with Gasteiger partial charge in [0.15, 0.2) is 11.4 Å². The van der Waals surface area contributed by atoms with E-state index in [2.05, 4.69) is 26.0 Å². The Morgan fingerprint density at radius 1 is 1.16 bits per heavy atom. The first kappa shape index (κ1) is 19.8. The van der Waals surface area contributed by atoms with E-state index in [9.17, 15) is 4.79 Å². The maximum absolute atomic E-state index is 11.5. The van der Waals surface area contributed by atoms with Gasteiger partial charge in [-0.25, -0.2) is 9.78 Å². The minimum absolute atomic E-state index is 0.393. The maximum Gasteiger partial charge on any atom is 0.339 e. The van der Waals surface area contributed by atoms with Gasteiger partial charge in [-0.3, -0.25) is 4.90 Å². The van der Waals surface area contributed by atoms with Crippen LogP contribution in [0.4, 0.5) is 5.82 Å². The van der Waals surface area contributed by atoms with E-state index in [0.29, 0.717) is 30.0 Å². The van der Waals surface area contributed by atoms with Gasteiger partial charge in [0, 0.05) is 50.4 Å². The molecule has 4 heterocycles. The summed E-state index contributed by atoms with van der Waals surface area (Å²) in [6.45, 7) is 4.58. The first-order chi connectivity index (χ1) is 15.2. The molecule has 0 radical (unpaired) electrons. The third-order valence-electron chi connectivity index (χ3n) is 6.29. The lowest BCUT2D eigenvalue weighted by Gasteiger charge is -2.46. The number of nitrogens with zero attached hydrogens (tertiary/aromatic N) is 4. The molecule has 2 unspecified atom stereocenters. The number of benzene rings is 1. The molecule has 0 bridgehead atoms. The molecular formula is C23H26N4O4. The summed E-state index contributed by atoms with van der Waals surface area (Å²) in [5.74, 6) is 1.58. The van der Waals surface area contributed by atoms with Crippen molar-refractivity contribution in [1.29, 1.82) is 0 Å². The standard InChI is InChI=1S/C23H26N4O4/c1-29-23(28)17-7-9-21(24-12-17)30-15-16-6-8-18-14-27(11-10-26(18)13-16)22-19-4-2-3-5-20(19)31-25-22/h2-5,7,9,12,16,18H,6,8,10-11,13-15H2,1H3. The minimum Gasteiger partial charge on any atom is -0.477 e. The summed E-state index contributed by atoms with van der Waals surface area (Å²) in [6, 6.07) is 12.0. The average Bonchev–Trinajstić information content (AvgIpc) is 3.26. The van der Waals surface area contributed by atoms with Gasteiger partial charge in [-0.2, -0.15) is 0 Å². The van der Waals surface area contributed by atoms with E-state index in [-0.39, 0.29) is 0 Å². The second kappa shape index (κ2) is 8.55. The number of ether oxygens (including phenoxy) is 2. The van der Waals surface area contributed by atoms with Crippen LogP contribution in [0.15, 0.2) is 47.1 Å². The first-order valence-corrected chi connectivity index (χ1v) is 10.7. The van der Waals surface area contributed by atoms with Crippen molar-refractivity contribution in [3.8, 4) is 5.88 Å². The van der Waals surface area contributed by atoms with E-state index in [1.54, 1.807) is 12.1 Å². The van der Waals surface area contributed by atoms with Gasteiger partial charge in [0.1, 0.15) is 0 Å². The number of esters is 1. The number of pyridine rings is 1. The SMILES string of the molecule is COC(=O)c1ccc(OCC2CCC3CN(c4noc5ccccc45)CCN3C2)nc1. The molecule has 8 heteroatoms. The highest BCUT2D eigenvalue weighted by Gasteiger charge is 2.34. The summed E-state index contributed by atoms with van der Waals surface area (Å²) in [4.78, 5) is 20.7. The van der Waals surface area contributed by atoms with E-state index >= 15 is 0 Å². The fraction of sp³-hybridized carbons (Fsp3) is 0.435. The number of piperazine rings is 1. The molecule has 2 aliphatic heterocycles. The van der Waals surface area contributed by atoms with E-state index in [0.717, 1.165) is 55.8 Å². The van der Waals surface area contributed by atoms with Gasteiger partial charge in [0.05, 0.1) is 24.7 Å². The molecule has 0 saturated carbocycles. The Balaban J connectivity index is 1.15. The van der Waals surface area contributed by atoms with Gasteiger partial charge in [0.25, 0.3) is 0 Å². The fourth-order valence-corrected chi connectivity index (χ4v) is 4.59. The van der Waals surface area contributed by atoms with Crippen LogP contribution in [0.5, 0.6) is 5.88 Å². The number of aromatic nitrogens is 2. The smallest absolute Gasteiger partial charge is 0.339 e. The van der Waals surface area contributed by atoms with E-state index in [4.69, 9.17) is 14.0 Å². The van der Waals surface area contributed by atoms with Crippen LogP contribution in [-0.2, 0) is 4.74 Å². The van der Waals surface area contributed by atoms with Crippen molar-refractivity contribution < 1.29 is 18.8 Å². The van der Waals surface area contributed by atoms with Gasteiger partial charge in [-0.05, 0) is 31.0 Å². The molecule has 8 nitrogen and oxygen atoms in total. The number of anilines is 1. The molecule has 2 saturated heterocycles. The van der Waals surface area contributed by atoms with Crippen LogP contribution in [-0.4, -0.2) is 66.9 Å². The van der Waals surface area contributed by atoms with Gasteiger partial charge in [-0.15, -0.1) is 0 Å². The molecule has 5 rings (SSSR count). The second-order valence-corrected chi connectivity index (χ2v) is 8.23. The Kier molecular flexibility index (Phi) is 5.46. The zero-order chi connectivity index (χ0) is 21.2. The van der Waals surface area contributed by atoms with Crippen LogP contribution < -0.4 is 9.64 Å². The van der Waals surface area contributed by atoms with Crippen LogP contribution >= 0.6 is 0 Å². The first-order valence-electron chi connectivity index (χ1n) is 10.7. The Morgan fingerprint density at radius 2 is 2.06 bits per heavy atom. The van der Waals surface area contributed by atoms with Gasteiger partial charge >= 0.3 is 5.97 Å². The van der Waals surface area contributed by atoms with Gasteiger partial charge in [-0.1, -0.05) is 17.3 Å². The second-order valence-electron chi connectivity index (χ2n) is 8.23. The van der Waals surface area contributed by atoms with Crippen molar-refractivity contribution >= 4 is 22.8 Å². The summed E-state index contributed by atoms with van der Waals surface area (Å²) >= 11 is 0. The molecule has 2 fully saturated rings. The Hall–Kier alpha value is -3.13. The number of piperidine rings is 1. The predicted octanol–water partition coefficient (Wildman–Crippen LogP) is 2.99. The number of rotatable bonds is 5. The average molecular weight is 422 g/mol. The quantitative estimate of drug-likeness (QED) is 0.581. The highest BCUT2D eigenvalue weighted by molar-refractivity contribution is 5.89. The lowest BCUT2D eigenvalue weighted by atomic mass is 9.91. The number of hydrogen-bond donors (Lipinski definition) is 0. The molecule has 2 atom stereocenters. The molecular weight excluding hydrogens is 396 g/mol. The zero-order valence-corrected chi connectivity index (χ0v) is 17.6. The maximum atomic E-state index is 11.5. The molecule has 0 aliphatic carbocycles. The number of carbonyl (C=O) groups is 1. The van der Waals surface area contributed by atoms with Crippen molar-refractivity contribution in [2.75, 3.05) is 44.8 Å². The molecule has 31 heavy (non-hydrogen) atoms. The van der Waals surface area contributed by atoms with Gasteiger partial charge < -0.3 is 18.9 Å². The zero-order valence-electron chi connectivity index (χ0n) is 17.6. The van der Waals surface area contributed by atoms with Crippen molar-refractivity contribution in [2.24, 2.45) is 5.92 Å². The minimum atomic E-state index is -0.393. The number of hydrogen-bond acceptors (Lipinski definition) is 8. The van der Waals surface area contributed by atoms with E-state index in [1.807, 2.05) is 18.2 Å². The summed E-state index contributed by atoms with van der Waals surface area (Å²) in [5.41, 5.74) is 1.27. The molecule has 2 aromatic heterocycles. The Morgan fingerprint density at radius 3 is 2.90 bits per heavy atom. The third kappa shape index (κ3) is 4.07. The lowest BCUT2D eigenvalue weighted by molar-refractivity contribution is 0.0599. The van der Waals surface area contributed by atoms with Crippen LogP contribution in [0.1, 0.15) is 23.2 Å². The van der Waals surface area contributed by atoms with Crippen LogP contribution in [0, 0.1) is 5.92 Å². The van der Waals surface area contributed by atoms with Crippen LogP contribution in [0.25, 0.3) is 11.0 Å². The normalized spacial score (nSPS) is 21.6. The topological polar surface area (TPSA) is 80.9 Å². The van der Waals surface area contributed by atoms with Gasteiger partial charge in [0.2, 0.25) is 5.88 Å². The van der Waals surface area contributed by atoms with Crippen molar-refractivity contribution in [2.45, 2.75) is 18.9 Å². The largest absolute Gasteiger partial charge is 0.477 e. The van der Waals surface area contributed by atoms with E-state index < -0.39 is 5.97 Å². The highest BCUT2D eigenvalue weighted by atomic mass is 16.5. The molecule has 0 spiro atoms.